The minimum Gasteiger partial charge on any atom is -0.350 e. The molecule has 1 aliphatic heterocycles. The fourth-order valence-corrected chi connectivity index (χ4v) is 3.87. The molecule has 0 amide bonds. The maximum absolute atomic E-state index is 4.77. The van der Waals surface area contributed by atoms with Gasteiger partial charge in [-0.1, -0.05) is 19.8 Å². The van der Waals surface area contributed by atoms with Gasteiger partial charge in [0.15, 0.2) is 5.65 Å². The molecular formula is C20H26N4. The lowest BCUT2D eigenvalue weighted by Crippen LogP contribution is -2.37. The molecule has 1 saturated carbocycles. The number of fused-ring (bicyclic) bond motifs is 1. The van der Waals surface area contributed by atoms with Crippen molar-refractivity contribution in [2.75, 3.05) is 4.90 Å². The van der Waals surface area contributed by atoms with E-state index >= 15 is 0 Å². The van der Waals surface area contributed by atoms with Crippen molar-refractivity contribution >= 4 is 11.5 Å². The van der Waals surface area contributed by atoms with Crippen molar-refractivity contribution in [1.82, 2.24) is 14.6 Å². The highest BCUT2D eigenvalue weighted by Gasteiger charge is 2.33. The van der Waals surface area contributed by atoms with Crippen molar-refractivity contribution in [3.05, 3.63) is 23.5 Å². The van der Waals surface area contributed by atoms with Crippen LogP contribution in [0.5, 0.6) is 0 Å². The first-order valence-electron chi connectivity index (χ1n) is 9.37. The number of hydrogen-bond donors (Lipinski definition) is 0. The highest BCUT2D eigenvalue weighted by molar-refractivity contribution is 5.55. The van der Waals surface area contributed by atoms with Crippen LogP contribution in [-0.4, -0.2) is 26.7 Å². The summed E-state index contributed by atoms with van der Waals surface area (Å²) in [5.74, 6) is 8.34. The van der Waals surface area contributed by atoms with E-state index in [1.54, 1.807) is 0 Å². The van der Waals surface area contributed by atoms with Crippen LogP contribution in [0.2, 0.25) is 0 Å². The highest BCUT2D eigenvalue weighted by atomic mass is 15.4. The average molecular weight is 322 g/mol. The van der Waals surface area contributed by atoms with Gasteiger partial charge in [-0.15, -0.1) is 0 Å². The first-order valence-corrected chi connectivity index (χ1v) is 9.37. The van der Waals surface area contributed by atoms with E-state index in [1.165, 1.54) is 44.3 Å². The molecule has 2 atom stereocenters. The predicted molar refractivity (Wildman–Crippen MR) is 97.2 cm³/mol. The molecule has 3 heterocycles. The summed E-state index contributed by atoms with van der Waals surface area (Å²) in [6, 6.07) is 5.42. The Kier molecular flexibility index (Phi) is 3.96. The molecule has 4 nitrogen and oxygen atoms in total. The van der Waals surface area contributed by atoms with Gasteiger partial charge in [0.25, 0.3) is 0 Å². The summed E-state index contributed by atoms with van der Waals surface area (Å²) in [6.07, 6.45) is 7.38. The second-order valence-electron chi connectivity index (χ2n) is 7.21. The Morgan fingerprint density at radius 3 is 2.42 bits per heavy atom. The molecule has 1 saturated heterocycles. The van der Waals surface area contributed by atoms with Gasteiger partial charge in [0, 0.05) is 35.8 Å². The van der Waals surface area contributed by atoms with Crippen LogP contribution in [0.1, 0.15) is 63.8 Å². The summed E-state index contributed by atoms with van der Waals surface area (Å²) in [5, 5.41) is 4.77. The van der Waals surface area contributed by atoms with Gasteiger partial charge < -0.3 is 4.90 Å². The fourth-order valence-electron chi connectivity index (χ4n) is 3.87. The van der Waals surface area contributed by atoms with Crippen LogP contribution in [0.15, 0.2) is 12.1 Å². The molecule has 2 fully saturated rings. The molecular weight excluding hydrogens is 296 g/mol. The SMILES string of the molecule is CCC1CCC(CC)N1c1cc(C)nc2cc(C#CC3CC3)nn12. The Balaban J connectivity index is 1.80. The summed E-state index contributed by atoms with van der Waals surface area (Å²) >= 11 is 0. The lowest BCUT2D eigenvalue weighted by Gasteiger charge is -2.31. The van der Waals surface area contributed by atoms with Crippen LogP contribution in [0.4, 0.5) is 5.82 Å². The topological polar surface area (TPSA) is 33.4 Å². The van der Waals surface area contributed by atoms with E-state index < -0.39 is 0 Å². The number of aromatic nitrogens is 3. The molecule has 2 aromatic rings. The van der Waals surface area contributed by atoms with E-state index in [2.05, 4.69) is 48.6 Å². The summed E-state index contributed by atoms with van der Waals surface area (Å²) in [6.45, 7) is 6.65. The van der Waals surface area contributed by atoms with Gasteiger partial charge >= 0.3 is 0 Å². The lowest BCUT2D eigenvalue weighted by atomic mass is 10.1. The monoisotopic (exact) mass is 322 g/mol. The molecule has 0 N–H and O–H groups in total. The number of hydrogen-bond acceptors (Lipinski definition) is 3. The highest BCUT2D eigenvalue weighted by Crippen LogP contribution is 2.34. The summed E-state index contributed by atoms with van der Waals surface area (Å²) in [4.78, 5) is 7.27. The summed E-state index contributed by atoms with van der Waals surface area (Å²) in [7, 11) is 0. The van der Waals surface area contributed by atoms with Crippen molar-refractivity contribution in [2.24, 2.45) is 5.92 Å². The van der Waals surface area contributed by atoms with Crippen LogP contribution in [0.3, 0.4) is 0 Å². The molecule has 0 bridgehead atoms. The number of nitrogens with zero attached hydrogens (tertiary/aromatic N) is 4. The molecule has 126 valence electrons. The van der Waals surface area contributed by atoms with Gasteiger partial charge in [-0.3, -0.25) is 0 Å². The zero-order valence-corrected chi connectivity index (χ0v) is 14.9. The normalized spacial score (nSPS) is 23.5. The third kappa shape index (κ3) is 2.77. The van der Waals surface area contributed by atoms with Crippen molar-refractivity contribution < 1.29 is 0 Å². The van der Waals surface area contributed by atoms with Crippen molar-refractivity contribution in [3.8, 4) is 11.8 Å². The van der Waals surface area contributed by atoms with Crippen molar-refractivity contribution in [2.45, 2.75) is 71.4 Å². The van der Waals surface area contributed by atoms with Crippen LogP contribution in [-0.2, 0) is 0 Å². The zero-order valence-electron chi connectivity index (χ0n) is 14.9. The van der Waals surface area contributed by atoms with Gasteiger partial charge in [0.05, 0.1) is 0 Å². The van der Waals surface area contributed by atoms with Gasteiger partial charge in [-0.2, -0.15) is 9.61 Å². The van der Waals surface area contributed by atoms with Crippen LogP contribution < -0.4 is 4.90 Å². The molecule has 0 radical (unpaired) electrons. The molecule has 0 aromatic carbocycles. The van der Waals surface area contributed by atoms with E-state index in [0.29, 0.717) is 18.0 Å². The zero-order chi connectivity index (χ0) is 16.7. The maximum atomic E-state index is 4.77. The van der Waals surface area contributed by atoms with E-state index in [4.69, 9.17) is 5.10 Å². The smallest absolute Gasteiger partial charge is 0.158 e. The fraction of sp³-hybridized carbons (Fsp3) is 0.600. The van der Waals surface area contributed by atoms with Gasteiger partial charge in [0.2, 0.25) is 0 Å². The molecule has 4 heteroatoms. The van der Waals surface area contributed by atoms with E-state index in [-0.39, 0.29) is 0 Å². The standard InChI is InChI=1S/C20H26N4/c1-4-17-10-11-18(5-2)23(17)20-12-14(3)21-19-13-16(22-24(19)20)9-8-15-6-7-15/h12-13,15,17-18H,4-7,10-11H2,1-3H3. The second-order valence-corrected chi connectivity index (χ2v) is 7.21. The third-order valence-electron chi connectivity index (χ3n) is 5.35. The molecule has 0 spiro atoms. The van der Waals surface area contributed by atoms with Crippen LogP contribution in [0, 0.1) is 24.7 Å². The Morgan fingerprint density at radius 2 is 1.79 bits per heavy atom. The largest absolute Gasteiger partial charge is 0.350 e. The molecule has 2 aliphatic rings. The quantitative estimate of drug-likeness (QED) is 0.802. The third-order valence-corrected chi connectivity index (χ3v) is 5.35. The van der Waals surface area contributed by atoms with E-state index in [0.717, 1.165) is 17.0 Å². The van der Waals surface area contributed by atoms with Crippen molar-refractivity contribution in [1.29, 1.82) is 0 Å². The van der Waals surface area contributed by atoms with Crippen LogP contribution >= 0.6 is 0 Å². The Labute approximate surface area is 144 Å². The molecule has 2 unspecified atom stereocenters. The predicted octanol–water partition coefficient (Wildman–Crippen LogP) is 3.96. The molecule has 24 heavy (non-hydrogen) atoms. The number of aryl methyl sites for hydroxylation is 1. The second kappa shape index (κ2) is 6.12. The first-order chi connectivity index (χ1) is 11.7. The summed E-state index contributed by atoms with van der Waals surface area (Å²) < 4.78 is 2.01. The number of rotatable bonds is 3. The molecule has 2 aromatic heterocycles. The summed E-state index contributed by atoms with van der Waals surface area (Å²) in [5.41, 5.74) is 2.82. The Hall–Kier alpha value is -2.02. The first kappa shape index (κ1) is 15.5. The van der Waals surface area contributed by atoms with E-state index in [1.807, 2.05) is 10.6 Å². The van der Waals surface area contributed by atoms with Gasteiger partial charge in [-0.05, 0) is 51.4 Å². The maximum Gasteiger partial charge on any atom is 0.158 e. The Morgan fingerprint density at radius 1 is 1.08 bits per heavy atom. The van der Waals surface area contributed by atoms with E-state index in [9.17, 15) is 0 Å². The lowest BCUT2D eigenvalue weighted by molar-refractivity contribution is 0.583. The molecule has 1 aliphatic carbocycles. The van der Waals surface area contributed by atoms with Gasteiger partial charge in [-0.25, -0.2) is 4.98 Å². The van der Waals surface area contributed by atoms with Gasteiger partial charge in [0.1, 0.15) is 11.5 Å². The minimum absolute atomic E-state index is 0.594. The van der Waals surface area contributed by atoms with Crippen LogP contribution in [0.25, 0.3) is 5.65 Å². The Bertz CT molecular complexity index is 794. The average Bonchev–Trinajstić information content (AvgIpc) is 3.17. The van der Waals surface area contributed by atoms with Crippen molar-refractivity contribution in [3.63, 3.8) is 0 Å². The minimum atomic E-state index is 0.594. The number of anilines is 1. The molecule has 4 rings (SSSR count).